The van der Waals surface area contributed by atoms with Gasteiger partial charge in [-0.25, -0.2) is 9.50 Å². The summed E-state index contributed by atoms with van der Waals surface area (Å²) >= 11 is 6.39. The number of methoxy groups -OCH3 is 1. The predicted octanol–water partition coefficient (Wildman–Crippen LogP) is 3.77. The lowest BCUT2D eigenvalue weighted by Crippen LogP contribution is -2.32. The second kappa shape index (κ2) is 8.77. The van der Waals surface area contributed by atoms with Crippen LogP contribution in [-0.4, -0.2) is 32.2 Å². The number of nitrogen functional groups attached to an aromatic ring is 1. The molecule has 5 rings (SSSR count). The van der Waals surface area contributed by atoms with Gasteiger partial charge in [0.15, 0.2) is 11.5 Å². The maximum Gasteiger partial charge on any atom is 0.264 e. The number of carbonyl (C=O) groups excluding carboxylic acids is 1. The van der Waals surface area contributed by atoms with E-state index >= 15 is 0 Å². The summed E-state index contributed by atoms with van der Waals surface area (Å²) in [5.41, 5.74) is 7.39. The van der Waals surface area contributed by atoms with Gasteiger partial charge in [0.2, 0.25) is 0 Å². The molecule has 2 aromatic carbocycles. The van der Waals surface area contributed by atoms with Crippen molar-refractivity contribution >= 4 is 39.7 Å². The SMILES string of the molecule is COc1ccc(-n2c([C@H](C)NC(=O)c3c(N)nn4cccnc34)cc3cccc(Cl)c3c2=O)cc1. The minimum atomic E-state index is -0.584. The van der Waals surface area contributed by atoms with Gasteiger partial charge < -0.3 is 15.8 Å². The molecule has 0 spiro atoms. The van der Waals surface area contributed by atoms with E-state index in [0.717, 1.165) is 0 Å². The molecule has 35 heavy (non-hydrogen) atoms. The molecule has 0 unspecified atom stereocenters. The molecule has 3 aromatic heterocycles. The number of nitrogens with one attached hydrogen (secondary N) is 1. The van der Waals surface area contributed by atoms with Gasteiger partial charge in [-0.1, -0.05) is 23.7 Å². The summed E-state index contributed by atoms with van der Waals surface area (Å²) in [6.07, 6.45) is 3.22. The highest BCUT2D eigenvalue weighted by atomic mass is 35.5. The lowest BCUT2D eigenvalue weighted by Gasteiger charge is -2.21. The Hall–Kier alpha value is -4.37. The number of benzene rings is 2. The maximum absolute atomic E-state index is 13.7. The van der Waals surface area contributed by atoms with Crippen molar-refractivity contribution in [2.45, 2.75) is 13.0 Å². The first kappa shape index (κ1) is 22.4. The summed E-state index contributed by atoms with van der Waals surface area (Å²) in [5.74, 6) is 0.259. The van der Waals surface area contributed by atoms with E-state index in [4.69, 9.17) is 22.1 Å². The van der Waals surface area contributed by atoms with Crippen LogP contribution in [0.1, 0.15) is 29.0 Å². The number of nitrogens with two attached hydrogens (primary N) is 1. The molecule has 0 aliphatic carbocycles. The summed E-state index contributed by atoms with van der Waals surface area (Å²) in [4.78, 5) is 31.1. The fraction of sp³-hybridized carbons (Fsp3) is 0.120. The number of carbonyl (C=O) groups is 1. The molecule has 0 aliphatic heterocycles. The first-order valence-electron chi connectivity index (χ1n) is 10.8. The molecule has 176 valence electrons. The number of hydrogen-bond donors (Lipinski definition) is 2. The van der Waals surface area contributed by atoms with E-state index in [2.05, 4.69) is 15.4 Å². The molecular formula is C25H21ClN6O3. The molecule has 3 heterocycles. The number of halogens is 1. The van der Waals surface area contributed by atoms with Crippen LogP contribution >= 0.6 is 11.6 Å². The third-order valence-corrected chi connectivity index (χ3v) is 6.11. The Morgan fingerprint density at radius 1 is 1.17 bits per heavy atom. The largest absolute Gasteiger partial charge is 0.497 e. The number of ether oxygens (including phenoxy) is 1. The van der Waals surface area contributed by atoms with Crippen molar-refractivity contribution in [2.75, 3.05) is 12.8 Å². The molecule has 0 radical (unpaired) electrons. The van der Waals surface area contributed by atoms with Crippen molar-refractivity contribution in [3.8, 4) is 11.4 Å². The fourth-order valence-corrected chi connectivity index (χ4v) is 4.38. The van der Waals surface area contributed by atoms with Crippen molar-refractivity contribution in [1.82, 2.24) is 24.5 Å². The average molecular weight is 489 g/mol. The third-order valence-electron chi connectivity index (χ3n) is 5.80. The first-order chi connectivity index (χ1) is 16.9. The highest BCUT2D eigenvalue weighted by Crippen LogP contribution is 2.27. The Kier molecular flexibility index (Phi) is 5.62. The minimum Gasteiger partial charge on any atom is -0.497 e. The highest BCUT2D eigenvalue weighted by Gasteiger charge is 2.24. The Morgan fingerprint density at radius 2 is 1.94 bits per heavy atom. The van der Waals surface area contributed by atoms with Crippen LogP contribution in [0.15, 0.2) is 71.8 Å². The Bertz CT molecular complexity index is 1640. The molecule has 5 aromatic rings. The van der Waals surface area contributed by atoms with Gasteiger partial charge in [0, 0.05) is 23.8 Å². The molecule has 1 amide bonds. The van der Waals surface area contributed by atoms with Crippen LogP contribution in [0.25, 0.3) is 22.1 Å². The van der Waals surface area contributed by atoms with E-state index in [1.165, 1.54) is 9.08 Å². The quantitative estimate of drug-likeness (QED) is 0.389. The summed E-state index contributed by atoms with van der Waals surface area (Å²) in [5, 5.41) is 8.50. The molecule has 3 N–H and O–H groups in total. The summed E-state index contributed by atoms with van der Waals surface area (Å²) in [7, 11) is 1.57. The van der Waals surface area contributed by atoms with E-state index in [1.807, 2.05) is 12.1 Å². The molecule has 0 bridgehead atoms. The van der Waals surface area contributed by atoms with E-state index in [-0.39, 0.29) is 16.9 Å². The maximum atomic E-state index is 13.7. The van der Waals surface area contributed by atoms with Gasteiger partial charge in [0.05, 0.1) is 23.6 Å². The number of hydrogen-bond acceptors (Lipinski definition) is 6. The zero-order valence-corrected chi connectivity index (χ0v) is 19.7. The Balaban J connectivity index is 1.63. The number of amides is 1. The van der Waals surface area contributed by atoms with Gasteiger partial charge in [-0.15, -0.1) is 5.10 Å². The lowest BCUT2D eigenvalue weighted by atomic mass is 10.1. The average Bonchev–Trinajstić information content (AvgIpc) is 3.19. The van der Waals surface area contributed by atoms with E-state index < -0.39 is 11.9 Å². The van der Waals surface area contributed by atoms with Crippen LogP contribution in [-0.2, 0) is 0 Å². The Labute approximate surface area is 204 Å². The minimum absolute atomic E-state index is 0.0613. The second-order valence-electron chi connectivity index (χ2n) is 7.96. The molecule has 0 aliphatic rings. The zero-order chi connectivity index (χ0) is 24.7. The highest BCUT2D eigenvalue weighted by molar-refractivity contribution is 6.35. The topological polar surface area (TPSA) is 117 Å². The van der Waals surface area contributed by atoms with Gasteiger partial charge in [-0.3, -0.25) is 14.2 Å². The van der Waals surface area contributed by atoms with Crippen molar-refractivity contribution in [1.29, 1.82) is 0 Å². The van der Waals surface area contributed by atoms with Crippen molar-refractivity contribution in [3.05, 3.63) is 93.6 Å². The number of pyridine rings is 1. The second-order valence-corrected chi connectivity index (χ2v) is 8.36. The number of anilines is 1. The van der Waals surface area contributed by atoms with Gasteiger partial charge in [0.25, 0.3) is 11.5 Å². The van der Waals surface area contributed by atoms with Gasteiger partial charge in [0.1, 0.15) is 11.3 Å². The van der Waals surface area contributed by atoms with Gasteiger partial charge in [-0.05, 0) is 54.8 Å². The molecular weight excluding hydrogens is 468 g/mol. The van der Waals surface area contributed by atoms with E-state index in [0.29, 0.717) is 38.6 Å². The molecule has 0 saturated heterocycles. The number of aromatic nitrogens is 4. The number of rotatable bonds is 5. The number of nitrogens with zero attached hydrogens (tertiary/aromatic N) is 4. The molecule has 9 nitrogen and oxygen atoms in total. The standard InChI is InChI=1S/C25H21ClN6O3/c1-14(29-24(33)21-22(27)30-31-12-4-11-28-23(21)31)19-13-15-5-3-6-18(26)20(15)25(34)32(19)16-7-9-17(35-2)10-8-16/h3-14H,1-2H3,(H2,27,30)(H,29,33)/t14-/m0/s1. The predicted molar refractivity (Wildman–Crippen MR) is 134 cm³/mol. The summed E-state index contributed by atoms with van der Waals surface area (Å²) in [6.45, 7) is 1.79. The zero-order valence-electron chi connectivity index (χ0n) is 18.9. The van der Waals surface area contributed by atoms with Crippen LogP contribution < -0.4 is 21.3 Å². The van der Waals surface area contributed by atoms with Crippen LogP contribution in [0.2, 0.25) is 5.02 Å². The molecule has 0 saturated carbocycles. The van der Waals surface area contributed by atoms with Crippen LogP contribution in [0.3, 0.4) is 0 Å². The fourth-order valence-electron chi connectivity index (χ4n) is 4.12. The summed E-state index contributed by atoms with van der Waals surface area (Å²) in [6, 6.07) is 15.3. The van der Waals surface area contributed by atoms with Crippen LogP contribution in [0, 0.1) is 0 Å². The lowest BCUT2D eigenvalue weighted by molar-refractivity contribution is 0.0941. The van der Waals surface area contributed by atoms with Crippen molar-refractivity contribution < 1.29 is 9.53 Å². The first-order valence-corrected chi connectivity index (χ1v) is 11.1. The third kappa shape index (κ3) is 3.85. The van der Waals surface area contributed by atoms with Gasteiger partial charge in [-0.2, -0.15) is 0 Å². The smallest absolute Gasteiger partial charge is 0.264 e. The molecule has 1 atom stereocenters. The monoisotopic (exact) mass is 488 g/mol. The van der Waals surface area contributed by atoms with Crippen molar-refractivity contribution in [2.24, 2.45) is 0 Å². The van der Waals surface area contributed by atoms with Gasteiger partial charge >= 0.3 is 0 Å². The molecule has 10 heteroatoms. The summed E-state index contributed by atoms with van der Waals surface area (Å²) < 4.78 is 8.23. The van der Waals surface area contributed by atoms with Crippen LogP contribution in [0.4, 0.5) is 5.82 Å². The normalized spacial score (nSPS) is 12.1. The van der Waals surface area contributed by atoms with E-state index in [1.54, 1.807) is 68.9 Å². The van der Waals surface area contributed by atoms with E-state index in [9.17, 15) is 9.59 Å². The van der Waals surface area contributed by atoms with Crippen LogP contribution in [0.5, 0.6) is 5.75 Å². The van der Waals surface area contributed by atoms with Crippen molar-refractivity contribution in [3.63, 3.8) is 0 Å². The number of fused-ring (bicyclic) bond motifs is 2. The Morgan fingerprint density at radius 3 is 2.69 bits per heavy atom. The molecule has 0 fully saturated rings.